The lowest BCUT2D eigenvalue weighted by Crippen LogP contribution is -2.59. The van der Waals surface area contributed by atoms with Crippen molar-refractivity contribution < 1.29 is 27.5 Å². The molecular weight excluding hydrogens is 442 g/mol. The summed E-state index contributed by atoms with van der Waals surface area (Å²) in [5.41, 5.74) is -5.17. The minimum Gasteiger partial charge on any atom is -0.480 e. The Hall–Kier alpha value is -1.59. The van der Waals surface area contributed by atoms with Crippen molar-refractivity contribution in [1.29, 1.82) is 0 Å². The number of rotatable bonds is 8. The van der Waals surface area contributed by atoms with E-state index in [2.05, 4.69) is 33.1 Å². The number of hydrogen-bond acceptors (Lipinski definition) is 2. The van der Waals surface area contributed by atoms with Crippen LogP contribution in [0.25, 0.3) is 0 Å². The van der Waals surface area contributed by atoms with Gasteiger partial charge in [-0.15, -0.1) is 5.92 Å². The number of carboxylic acid groups (broad SMARTS) is 1. The second kappa shape index (κ2) is 9.75. The highest BCUT2D eigenvalue weighted by atomic mass is 79.9. The molecule has 0 saturated carbocycles. The maximum atomic E-state index is 14.3. The van der Waals surface area contributed by atoms with Crippen molar-refractivity contribution in [3.8, 4) is 11.8 Å². The number of aliphatic carboxylic acids is 1. The molecule has 3 nitrogen and oxygen atoms in total. The van der Waals surface area contributed by atoms with E-state index in [0.29, 0.717) is 10.9 Å². The predicted molar refractivity (Wildman–Crippen MR) is 104 cm³/mol. The molecule has 8 heteroatoms. The molecule has 2 N–H and O–H groups in total. The Morgan fingerprint density at radius 2 is 1.79 bits per heavy atom. The van der Waals surface area contributed by atoms with E-state index >= 15 is 0 Å². The molecular formula is C20H24BrF4NO2. The number of benzene rings is 1. The first-order valence-corrected chi connectivity index (χ1v) is 9.64. The van der Waals surface area contributed by atoms with Gasteiger partial charge in [0.05, 0.1) is 0 Å². The van der Waals surface area contributed by atoms with Gasteiger partial charge in [0.15, 0.2) is 0 Å². The summed E-state index contributed by atoms with van der Waals surface area (Å²) in [7, 11) is 0. The topological polar surface area (TPSA) is 49.3 Å². The van der Waals surface area contributed by atoms with Crippen LogP contribution in [0.4, 0.5) is 17.6 Å². The number of alkyl halides is 4. The third kappa shape index (κ3) is 6.78. The summed E-state index contributed by atoms with van der Waals surface area (Å²) in [5.74, 6) is 3.17. The summed E-state index contributed by atoms with van der Waals surface area (Å²) in [6, 6.07) is 3.49. The van der Waals surface area contributed by atoms with Crippen LogP contribution in [0.3, 0.4) is 0 Å². The molecule has 0 aliphatic carbocycles. The Bertz CT molecular complexity index is 717. The number of nitrogens with one attached hydrogen (secondary N) is 1. The van der Waals surface area contributed by atoms with E-state index in [-0.39, 0.29) is 12.0 Å². The molecule has 0 radical (unpaired) electrons. The number of halogens is 5. The first kappa shape index (κ1) is 24.4. The molecule has 1 rings (SSSR count). The van der Waals surface area contributed by atoms with Crippen molar-refractivity contribution >= 4 is 21.9 Å². The van der Waals surface area contributed by atoms with Gasteiger partial charge in [0.1, 0.15) is 11.7 Å². The van der Waals surface area contributed by atoms with Gasteiger partial charge in [-0.3, -0.25) is 10.1 Å². The van der Waals surface area contributed by atoms with E-state index < -0.39 is 35.8 Å². The van der Waals surface area contributed by atoms with Crippen molar-refractivity contribution in [2.24, 2.45) is 0 Å². The van der Waals surface area contributed by atoms with Crippen molar-refractivity contribution in [2.75, 3.05) is 0 Å². The van der Waals surface area contributed by atoms with Crippen molar-refractivity contribution in [3.05, 3.63) is 34.3 Å². The van der Waals surface area contributed by atoms with Crippen LogP contribution in [0.15, 0.2) is 28.7 Å². The van der Waals surface area contributed by atoms with Gasteiger partial charge in [-0.05, 0) is 38.0 Å². The highest BCUT2D eigenvalue weighted by Crippen LogP contribution is 2.40. The zero-order chi connectivity index (χ0) is 21.6. The van der Waals surface area contributed by atoms with Crippen molar-refractivity contribution in [2.45, 2.75) is 69.9 Å². The molecule has 156 valence electrons. The maximum Gasteiger partial charge on any atom is 0.422 e. The first-order valence-electron chi connectivity index (χ1n) is 8.84. The summed E-state index contributed by atoms with van der Waals surface area (Å²) in [6.07, 6.45) is -3.98. The van der Waals surface area contributed by atoms with Crippen LogP contribution in [-0.4, -0.2) is 29.0 Å². The Morgan fingerprint density at radius 1 is 1.21 bits per heavy atom. The van der Waals surface area contributed by atoms with E-state index in [0.717, 1.165) is 20.3 Å². The van der Waals surface area contributed by atoms with Crippen LogP contribution in [0.5, 0.6) is 0 Å². The van der Waals surface area contributed by atoms with Gasteiger partial charge in [0.2, 0.25) is 5.54 Å². The molecule has 0 spiro atoms. The quantitative estimate of drug-likeness (QED) is 0.299. The van der Waals surface area contributed by atoms with Gasteiger partial charge in [0, 0.05) is 17.3 Å². The molecule has 0 saturated heterocycles. The van der Waals surface area contributed by atoms with Gasteiger partial charge in [0.25, 0.3) is 0 Å². The number of unbranched alkanes of at least 4 members (excludes halogenated alkanes) is 2. The second-order valence-electron chi connectivity index (χ2n) is 7.12. The smallest absolute Gasteiger partial charge is 0.422 e. The van der Waals surface area contributed by atoms with Crippen LogP contribution < -0.4 is 5.32 Å². The SMILES string of the molecule is CCCCC#CC(NC(CC(C)(C)F)C(=O)O)(c1ccc(Br)cc1)C(F)(F)F. The Balaban J connectivity index is 3.55. The van der Waals surface area contributed by atoms with Gasteiger partial charge in [-0.1, -0.05) is 47.3 Å². The van der Waals surface area contributed by atoms with Crippen LogP contribution in [0, 0.1) is 11.8 Å². The van der Waals surface area contributed by atoms with E-state index in [4.69, 9.17) is 0 Å². The second-order valence-corrected chi connectivity index (χ2v) is 8.03. The Morgan fingerprint density at radius 3 is 2.21 bits per heavy atom. The molecule has 2 atom stereocenters. The Kier molecular flexibility index (Phi) is 8.51. The van der Waals surface area contributed by atoms with Gasteiger partial charge in [-0.25, -0.2) is 4.39 Å². The lowest BCUT2D eigenvalue weighted by Gasteiger charge is -2.36. The van der Waals surface area contributed by atoms with Gasteiger partial charge in [-0.2, -0.15) is 13.2 Å². The molecule has 0 amide bonds. The molecule has 28 heavy (non-hydrogen) atoms. The molecule has 0 aliphatic heterocycles. The predicted octanol–water partition coefficient (Wildman–Crippen LogP) is 5.58. The van der Waals surface area contributed by atoms with Crippen molar-refractivity contribution in [3.63, 3.8) is 0 Å². The van der Waals surface area contributed by atoms with E-state index in [1.54, 1.807) is 0 Å². The average molecular weight is 466 g/mol. The summed E-state index contributed by atoms with van der Waals surface area (Å²) < 4.78 is 57.4. The first-order chi connectivity index (χ1) is 12.8. The largest absolute Gasteiger partial charge is 0.480 e. The Labute approximate surface area is 171 Å². The number of carbonyl (C=O) groups is 1. The zero-order valence-electron chi connectivity index (χ0n) is 16.0. The highest BCUT2D eigenvalue weighted by Gasteiger charge is 2.57. The molecule has 0 heterocycles. The molecule has 1 aromatic carbocycles. The average Bonchev–Trinajstić information content (AvgIpc) is 2.55. The van der Waals surface area contributed by atoms with Crippen molar-refractivity contribution in [1.82, 2.24) is 5.32 Å². The molecule has 0 aromatic heterocycles. The molecule has 0 bridgehead atoms. The minimum atomic E-state index is -4.94. The van der Waals surface area contributed by atoms with E-state index in [9.17, 15) is 27.5 Å². The monoisotopic (exact) mass is 465 g/mol. The van der Waals surface area contributed by atoms with Gasteiger partial charge >= 0.3 is 12.1 Å². The summed E-state index contributed by atoms with van der Waals surface area (Å²) in [5, 5.41) is 11.5. The minimum absolute atomic E-state index is 0.235. The van der Waals surface area contributed by atoms with Gasteiger partial charge < -0.3 is 5.11 Å². The highest BCUT2D eigenvalue weighted by molar-refractivity contribution is 9.10. The van der Waals surface area contributed by atoms with E-state index in [1.165, 1.54) is 24.3 Å². The van der Waals surface area contributed by atoms with Crippen LogP contribution in [-0.2, 0) is 10.3 Å². The third-order valence-corrected chi connectivity index (χ3v) is 4.54. The fourth-order valence-electron chi connectivity index (χ4n) is 2.61. The standard InChI is InChI=1S/C20H24BrF4NO2/c1-4-5-6-7-12-19(20(23,24)25,14-8-10-15(21)11-9-14)26-16(17(27)28)13-18(2,3)22/h8-11,16,26H,4-6,13H2,1-3H3,(H,27,28). The zero-order valence-corrected chi connectivity index (χ0v) is 17.5. The fourth-order valence-corrected chi connectivity index (χ4v) is 2.88. The van der Waals surface area contributed by atoms with Crippen LogP contribution >= 0.6 is 15.9 Å². The third-order valence-electron chi connectivity index (χ3n) is 4.01. The van der Waals surface area contributed by atoms with Crippen LogP contribution in [0.1, 0.15) is 52.0 Å². The molecule has 2 unspecified atom stereocenters. The normalized spacial score (nSPS) is 15.3. The molecule has 0 aliphatic rings. The summed E-state index contributed by atoms with van der Waals surface area (Å²) in [6.45, 7) is 4.12. The number of hydrogen-bond donors (Lipinski definition) is 2. The number of carboxylic acids is 1. The fraction of sp³-hybridized carbons (Fsp3) is 0.550. The van der Waals surface area contributed by atoms with E-state index in [1.807, 2.05) is 6.92 Å². The molecule has 0 fully saturated rings. The summed E-state index contributed by atoms with van der Waals surface area (Å²) in [4.78, 5) is 11.6. The molecule has 1 aromatic rings. The van der Waals surface area contributed by atoms with Crippen LogP contribution in [0.2, 0.25) is 0 Å². The lowest BCUT2D eigenvalue weighted by molar-refractivity contribution is -0.186. The summed E-state index contributed by atoms with van der Waals surface area (Å²) >= 11 is 3.17. The lowest BCUT2D eigenvalue weighted by atomic mass is 9.87. The maximum absolute atomic E-state index is 14.3.